The molecule has 0 amide bonds. The van der Waals surface area contributed by atoms with E-state index in [9.17, 15) is 4.79 Å². The molecule has 1 aromatic carbocycles. The summed E-state index contributed by atoms with van der Waals surface area (Å²) in [4.78, 5) is 18.5. The van der Waals surface area contributed by atoms with E-state index in [-0.39, 0.29) is 11.9 Å². The SMILES string of the molecule is COC(=O)C1CCCN(Cc2cccc3cccnc23)C1. The van der Waals surface area contributed by atoms with Gasteiger partial charge < -0.3 is 4.74 Å². The first kappa shape index (κ1) is 14.0. The van der Waals surface area contributed by atoms with Crippen LogP contribution < -0.4 is 0 Å². The molecule has 1 aliphatic rings. The molecule has 1 aliphatic heterocycles. The monoisotopic (exact) mass is 284 g/mol. The Hall–Kier alpha value is -1.94. The topological polar surface area (TPSA) is 42.4 Å². The van der Waals surface area contributed by atoms with Gasteiger partial charge in [0.25, 0.3) is 0 Å². The van der Waals surface area contributed by atoms with Gasteiger partial charge in [0, 0.05) is 24.7 Å². The van der Waals surface area contributed by atoms with Crippen molar-refractivity contribution in [2.24, 2.45) is 5.92 Å². The Balaban J connectivity index is 1.77. The molecule has 0 N–H and O–H groups in total. The number of fused-ring (bicyclic) bond motifs is 1. The van der Waals surface area contributed by atoms with Gasteiger partial charge in [-0.2, -0.15) is 0 Å². The predicted molar refractivity (Wildman–Crippen MR) is 81.8 cm³/mol. The fourth-order valence-corrected chi connectivity index (χ4v) is 3.09. The molecular formula is C17H20N2O2. The third-order valence-electron chi connectivity index (χ3n) is 4.15. The van der Waals surface area contributed by atoms with Gasteiger partial charge in [-0.05, 0) is 31.0 Å². The second-order valence-electron chi connectivity index (χ2n) is 5.59. The lowest BCUT2D eigenvalue weighted by molar-refractivity contribution is -0.147. The average Bonchev–Trinajstić information content (AvgIpc) is 2.55. The Morgan fingerprint density at radius 3 is 3.10 bits per heavy atom. The van der Waals surface area contributed by atoms with Crippen LogP contribution >= 0.6 is 0 Å². The molecule has 1 aromatic heterocycles. The quantitative estimate of drug-likeness (QED) is 0.813. The zero-order chi connectivity index (χ0) is 14.7. The number of rotatable bonds is 3. The molecule has 4 heteroatoms. The normalized spacial score (nSPS) is 19.6. The molecular weight excluding hydrogens is 264 g/mol. The van der Waals surface area contributed by atoms with Gasteiger partial charge in [-0.1, -0.05) is 24.3 Å². The Kier molecular flexibility index (Phi) is 4.15. The predicted octanol–water partition coefficient (Wildman–Crippen LogP) is 2.62. The van der Waals surface area contributed by atoms with E-state index in [1.165, 1.54) is 12.7 Å². The Morgan fingerprint density at radius 1 is 1.38 bits per heavy atom. The number of methoxy groups -OCH3 is 1. The largest absolute Gasteiger partial charge is 0.469 e. The highest BCUT2D eigenvalue weighted by atomic mass is 16.5. The number of hydrogen-bond acceptors (Lipinski definition) is 4. The number of carbonyl (C=O) groups excluding carboxylic acids is 1. The molecule has 0 radical (unpaired) electrons. The Labute approximate surface area is 124 Å². The van der Waals surface area contributed by atoms with Crippen LogP contribution in [0.4, 0.5) is 0 Å². The second-order valence-corrected chi connectivity index (χ2v) is 5.59. The summed E-state index contributed by atoms with van der Waals surface area (Å²) in [6, 6.07) is 10.3. The lowest BCUT2D eigenvalue weighted by Gasteiger charge is -2.31. The molecule has 1 unspecified atom stereocenters. The van der Waals surface area contributed by atoms with Crippen LogP contribution in [0.3, 0.4) is 0 Å². The van der Waals surface area contributed by atoms with Crippen molar-refractivity contribution in [2.45, 2.75) is 19.4 Å². The van der Waals surface area contributed by atoms with E-state index in [0.29, 0.717) is 0 Å². The molecule has 3 rings (SSSR count). The molecule has 21 heavy (non-hydrogen) atoms. The molecule has 1 saturated heterocycles. The summed E-state index contributed by atoms with van der Waals surface area (Å²) >= 11 is 0. The average molecular weight is 284 g/mol. The maximum absolute atomic E-state index is 11.7. The van der Waals surface area contributed by atoms with Crippen LogP contribution in [0, 0.1) is 5.92 Å². The lowest BCUT2D eigenvalue weighted by atomic mass is 9.97. The van der Waals surface area contributed by atoms with Crippen LogP contribution in [-0.4, -0.2) is 36.1 Å². The summed E-state index contributed by atoms with van der Waals surface area (Å²) in [5.74, 6) is -0.0811. The first-order valence-electron chi connectivity index (χ1n) is 7.41. The molecule has 1 fully saturated rings. The maximum atomic E-state index is 11.7. The molecule has 4 nitrogen and oxygen atoms in total. The number of hydrogen-bond donors (Lipinski definition) is 0. The highest BCUT2D eigenvalue weighted by Crippen LogP contribution is 2.22. The minimum Gasteiger partial charge on any atom is -0.469 e. The van der Waals surface area contributed by atoms with Crippen LogP contribution in [-0.2, 0) is 16.1 Å². The van der Waals surface area contributed by atoms with Gasteiger partial charge in [0.1, 0.15) is 0 Å². The zero-order valence-electron chi connectivity index (χ0n) is 12.3. The number of pyridine rings is 1. The standard InChI is InChI=1S/C17H20N2O2/c1-21-17(20)15-8-4-10-19(12-15)11-14-6-2-5-13-7-3-9-18-16(13)14/h2-3,5-7,9,15H,4,8,10-12H2,1H3. The lowest BCUT2D eigenvalue weighted by Crippen LogP contribution is -2.38. The first-order chi connectivity index (χ1) is 10.3. The number of aromatic nitrogens is 1. The molecule has 0 bridgehead atoms. The van der Waals surface area contributed by atoms with Crippen molar-refractivity contribution < 1.29 is 9.53 Å². The fraction of sp³-hybridized carbons (Fsp3) is 0.412. The van der Waals surface area contributed by atoms with Gasteiger partial charge in [-0.25, -0.2) is 0 Å². The molecule has 0 saturated carbocycles. The number of benzene rings is 1. The highest BCUT2D eigenvalue weighted by Gasteiger charge is 2.26. The van der Waals surface area contributed by atoms with Gasteiger partial charge >= 0.3 is 5.97 Å². The van der Waals surface area contributed by atoms with Crippen LogP contribution in [0.15, 0.2) is 36.5 Å². The summed E-state index contributed by atoms with van der Waals surface area (Å²) in [6.45, 7) is 2.63. The number of likely N-dealkylation sites (tertiary alicyclic amines) is 1. The summed E-state index contributed by atoms with van der Waals surface area (Å²) in [5, 5.41) is 1.16. The smallest absolute Gasteiger partial charge is 0.309 e. The molecule has 1 atom stereocenters. The van der Waals surface area contributed by atoms with E-state index in [1.54, 1.807) is 0 Å². The third kappa shape index (κ3) is 3.05. The van der Waals surface area contributed by atoms with Crippen LogP contribution in [0.5, 0.6) is 0 Å². The van der Waals surface area contributed by atoms with E-state index in [1.807, 2.05) is 12.3 Å². The van der Waals surface area contributed by atoms with Crippen molar-refractivity contribution in [1.82, 2.24) is 9.88 Å². The molecule has 2 aromatic rings. The minimum absolute atomic E-state index is 0.00619. The van der Waals surface area contributed by atoms with E-state index in [0.717, 1.165) is 43.4 Å². The summed E-state index contributed by atoms with van der Waals surface area (Å²) in [6.07, 6.45) is 3.80. The summed E-state index contributed by atoms with van der Waals surface area (Å²) in [7, 11) is 1.47. The van der Waals surface area contributed by atoms with E-state index in [4.69, 9.17) is 4.74 Å². The fourth-order valence-electron chi connectivity index (χ4n) is 3.09. The van der Waals surface area contributed by atoms with E-state index in [2.05, 4.69) is 34.1 Å². The first-order valence-corrected chi connectivity index (χ1v) is 7.41. The summed E-state index contributed by atoms with van der Waals surface area (Å²) in [5.41, 5.74) is 2.28. The number of nitrogens with zero attached hydrogens (tertiary/aromatic N) is 2. The van der Waals surface area contributed by atoms with Gasteiger partial charge in [-0.3, -0.25) is 14.7 Å². The number of carbonyl (C=O) groups is 1. The van der Waals surface area contributed by atoms with E-state index >= 15 is 0 Å². The number of esters is 1. The van der Waals surface area contributed by atoms with Crippen LogP contribution in [0.1, 0.15) is 18.4 Å². The van der Waals surface area contributed by atoms with Crippen LogP contribution in [0.2, 0.25) is 0 Å². The van der Waals surface area contributed by atoms with Crippen molar-refractivity contribution in [2.75, 3.05) is 20.2 Å². The van der Waals surface area contributed by atoms with Gasteiger partial charge in [-0.15, -0.1) is 0 Å². The van der Waals surface area contributed by atoms with E-state index < -0.39 is 0 Å². The molecule has 0 aliphatic carbocycles. The molecule has 110 valence electrons. The van der Waals surface area contributed by atoms with Crippen molar-refractivity contribution in [3.05, 3.63) is 42.1 Å². The van der Waals surface area contributed by atoms with Gasteiger partial charge in [0.2, 0.25) is 0 Å². The maximum Gasteiger partial charge on any atom is 0.309 e. The Bertz CT molecular complexity index is 636. The number of ether oxygens (including phenoxy) is 1. The van der Waals surface area contributed by atoms with Crippen molar-refractivity contribution in [3.8, 4) is 0 Å². The van der Waals surface area contributed by atoms with Gasteiger partial charge in [0.05, 0.1) is 18.5 Å². The minimum atomic E-state index is -0.0873. The molecule has 2 heterocycles. The zero-order valence-corrected chi connectivity index (χ0v) is 12.3. The third-order valence-corrected chi connectivity index (χ3v) is 4.15. The van der Waals surface area contributed by atoms with Crippen molar-refractivity contribution in [3.63, 3.8) is 0 Å². The number of piperidine rings is 1. The second kappa shape index (κ2) is 6.22. The summed E-state index contributed by atoms with van der Waals surface area (Å²) < 4.78 is 4.88. The van der Waals surface area contributed by atoms with Crippen LogP contribution in [0.25, 0.3) is 10.9 Å². The number of para-hydroxylation sites is 1. The highest BCUT2D eigenvalue weighted by molar-refractivity contribution is 5.81. The molecule has 0 spiro atoms. The van der Waals surface area contributed by atoms with Crippen molar-refractivity contribution in [1.29, 1.82) is 0 Å². The van der Waals surface area contributed by atoms with Gasteiger partial charge in [0.15, 0.2) is 0 Å². The Morgan fingerprint density at radius 2 is 2.24 bits per heavy atom. The van der Waals surface area contributed by atoms with Crippen molar-refractivity contribution >= 4 is 16.9 Å².